The van der Waals surface area contributed by atoms with Crippen LogP contribution >= 0.6 is 0 Å². The second-order valence-electron chi connectivity index (χ2n) is 17.5. The summed E-state index contributed by atoms with van der Waals surface area (Å²) >= 11 is 0. The van der Waals surface area contributed by atoms with Crippen LogP contribution in [0.5, 0.6) is 0 Å². The van der Waals surface area contributed by atoms with E-state index in [4.69, 9.17) is 9.47 Å². The molecular weight excluding hydrogens is 560 g/mol. The van der Waals surface area contributed by atoms with E-state index in [0.29, 0.717) is 12.8 Å². The fraction of sp³-hybridized carbons (Fsp3) is 0.889. The van der Waals surface area contributed by atoms with Crippen molar-refractivity contribution >= 4 is 0 Å². The Morgan fingerprint density at radius 1 is 0.864 bits per heavy atom. The van der Waals surface area contributed by atoms with Crippen molar-refractivity contribution in [2.75, 3.05) is 13.2 Å². The van der Waals surface area contributed by atoms with Gasteiger partial charge in [0.1, 0.15) is 18.3 Å². The fourth-order valence-corrected chi connectivity index (χ4v) is 11.6. The van der Waals surface area contributed by atoms with Gasteiger partial charge in [-0.2, -0.15) is 0 Å². The Labute approximate surface area is 263 Å². The number of aliphatic hydroxyl groups excluding tert-OH is 6. The summed E-state index contributed by atoms with van der Waals surface area (Å²) in [5, 5.41) is 65.0. The van der Waals surface area contributed by atoms with Gasteiger partial charge in [-0.25, -0.2) is 0 Å². The number of rotatable bonds is 4. The third-order valence-electron chi connectivity index (χ3n) is 14.7. The molecule has 0 amide bonds. The zero-order valence-corrected chi connectivity index (χ0v) is 27.9. The van der Waals surface area contributed by atoms with E-state index in [1.54, 1.807) is 6.92 Å². The molecule has 4 fully saturated rings. The monoisotopic (exact) mass is 618 g/mol. The highest BCUT2D eigenvalue weighted by Crippen LogP contribution is 2.74. The van der Waals surface area contributed by atoms with Gasteiger partial charge in [-0.05, 0) is 91.9 Å². The van der Waals surface area contributed by atoms with Crippen LogP contribution in [0.4, 0.5) is 0 Å². The molecule has 44 heavy (non-hydrogen) atoms. The van der Waals surface area contributed by atoms with Crippen LogP contribution in [0.15, 0.2) is 23.3 Å². The predicted molar refractivity (Wildman–Crippen MR) is 166 cm³/mol. The molecule has 6 N–H and O–H groups in total. The second-order valence-corrected chi connectivity index (χ2v) is 17.5. The largest absolute Gasteiger partial charge is 0.396 e. The summed E-state index contributed by atoms with van der Waals surface area (Å²) in [6.07, 6.45) is 4.77. The maximum atomic E-state index is 11.9. The molecule has 1 saturated heterocycles. The number of fused-ring (bicyclic) bond motifs is 6. The van der Waals surface area contributed by atoms with Gasteiger partial charge in [0.2, 0.25) is 0 Å². The Balaban J connectivity index is 1.36. The maximum absolute atomic E-state index is 11.9. The zero-order chi connectivity index (χ0) is 32.3. The molecule has 250 valence electrons. The highest BCUT2D eigenvalue weighted by Gasteiger charge is 2.69. The van der Waals surface area contributed by atoms with Gasteiger partial charge in [-0.15, -0.1) is 0 Å². The summed E-state index contributed by atoms with van der Waals surface area (Å²) < 4.78 is 12.3. The van der Waals surface area contributed by atoms with Crippen molar-refractivity contribution in [2.45, 2.75) is 143 Å². The first-order valence-electron chi connectivity index (χ1n) is 17.1. The Hall–Kier alpha value is -0.840. The maximum Gasteiger partial charge on any atom is 0.186 e. The molecule has 6 aliphatic rings. The SMILES string of the molecule is CC1OC(OC2CC[C@@]3(C)C(CC[C@@]4(C)C3C=CC3=C5CC(C)(C)CC[C@@]5(CO)C(O)C[C@]34C)[C@]2(C)CO)C(O)C(O)C1O. The quantitative estimate of drug-likeness (QED) is 0.261. The molecule has 9 unspecified atom stereocenters. The first-order valence-corrected chi connectivity index (χ1v) is 17.1. The molecule has 3 saturated carbocycles. The Bertz CT molecular complexity index is 1200. The minimum absolute atomic E-state index is 0.0165. The normalized spacial score (nSPS) is 55.1. The zero-order valence-electron chi connectivity index (χ0n) is 27.9. The summed E-state index contributed by atoms with van der Waals surface area (Å²) in [4.78, 5) is 0. The molecule has 6 rings (SSSR count). The van der Waals surface area contributed by atoms with E-state index in [1.807, 2.05) is 0 Å². The Morgan fingerprint density at radius 3 is 2.23 bits per heavy atom. The van der Waals surface area contributed by atoms with Crippen LogP contribution in [0.3, 0.4) is 0 Å². The average molecular weight is 619 g/mol. The molecule has 5 aliphatic carbocycles. The highest BCUT2D eigenvalue weighted by molar-refractivity contribution is 5.47. The van der Waals surface area contributed by atoms with Gasteiger partial charge in [0.05, 0.1) is 31.5 Å². The number of aliphatic hydroxyl groups is 6. The summed E-state index contributed by atoms with van der Waals surface area (Å²) in [6, 6.07) is 0. The standard InChI is InChI=1S/C36H58O8/c1-20-27(40)28(41)29(42)30(43-20)44-26-11-12-32(4)23(33(26,5)18-37)10-13-34(6)24(32)9-8-21-22-16-31(2,3)14-15-36(22,19-38)25(39)17-35(21,34)7/h8-9,20,23-30,37-42H,10-19H2,1-7H3/t20?,23?,24?,25?,26?,27?,28?,29?,30?,32-,33-,34-,35+,36-/m0/s1. The number of allylic oxidation sites excluding steroid dienone is 3. The third-order valence-corrected chi connectivity index (χ3v) is 14.7. The average Bonchev–Trinajstić information content (AvgIpc) is 2.96. The van der Waals surface area contributed by atoms with Gasteiger partial charge >= 0.3 is 0 Å². The van der Waals surface area contributed by atoms with E-state index >= 15 is 0 Å². The van der Waals surface area contributed by atoms with Crippen molar-refractivity contribution in [2.24, 2.45) is 44.3 Å². The molecule has 14 atom stereocenters. The van der Waals surface area contributed by atoms with Crippen molar-refractivity contribution in [3.05, 3.63) is 23.3 Å². The van der Waals surface area contributed by atoms with Gasteiger partial charge in [0.25, 0.3) is 0 Å². The van der Waals surface area contributed by atoms with Crippen LogP contribution in [0, 0.1) is 44.3 Å². The van der Waals surface area contributed by atoms with Crippen molar-refractivity contribution in [3.8, 4) is 0 Å². The Morgan fingerprint density at radius 2 is 1.57 bits per heavy atom. The van der Waals surface area contributed by atoms with E-state index in [9.17, 15) is 30.6 Å². The van der Waals surface area contributed by atoms with Gasteiger partial charge in [0, 0.05) is 16.2 Å². The third kappa shape index (κ3) is 4.31. The molecule has 8 nitrogen and oxygen atoms in total. The summed E-state index contributed by atoms with van der Waals surface area (Å²) in [6.45, 7) is 15.4. The number of ether oxygens (including phenoxy) is 2. The lowest BCUT2D eigenvalue weighted by Gasteiger charge is -2.70. The first-order chi connectivity index (χ1) is 20.4. The lowest BCUT2D eigenvalue weighted by molar-refractivity contribution is -0.327. The van der Waals surface area contributed by atoms with E-state index in [2.05, 4.69) is 53.7 Å². The molecule has 1 heterocycles. The van der Waals surface area contributed by atoms with Crippen LogP contribution < -0.4 is 0 Å². The van der Waals surface area contributed by atoms with Crippen LogP contribution in [0.1, 0.15) is 99.8 Å². The van der Waals surface area contributed by atoms with Crippen molar-refractivity contribution in [3.63, 3.8) is 0 Å². The lowest BCUT2D eigenvalue weighted by Crippen LogP contribution is -2.66. The van der Waals surface area contributed by atoms with E-state index < -0.39 is 53.7 Å². The molecule has 0 aromatic carbocycles. The number of hydrogen-bond donors (Lipinski definition) is 6. The van der Waals surface area contributed by atoms with Crippen molar-refractivity contribution in [1.29, 1.82) is 0 Å². The smallest absolute Gasteiger partial charge is 0.186 e. The van der Waals surface area contributed by atoms with E-state index in [0.717, 1.165) is 38.5 Å². The molecule has 0 aromatic rings. The van der Waals surface area contributed by atoms with E-state index in [1.165, 1.54) is 11.1 Å². The molecule has 1 aliphatic heterocycles. The Kier molecular flexibility index (Phi) is 7.95. The van der Waals surface area contributed by atoms with Crippen LogP contribution in [-0.2, 0) is 9.47 Å². The number of hydrogen-bond acceptors (Lipinski definition) is 8. The molecule has 0 spiro atoms. The van der Waals surface area contributed by atoms with Crippen molar-refractivity contribution < 1.29 is 40.1 Å². The van der Waals surface area contributed by atoms with Gasteiger partial charge in [0.15, 0.2) is 6.29 Å². The second kappa shape index (κ2) is 10.6. The fourth-order valence-electron chi connectivity index (χ4n) is 11.6. The summed E-state index contributed by atoms with van der Waals surface area (Å²) in [5.41, 5.74) is 1.04. The molecule has 0 radical (unpaired) electrons. The molecular formula is C36H58O8. The topological polar surface area (TPSA) is 140 Å². The molecule has 8 heteroatoms. The van der Waals surface area contributed by atoms with Gasteiger partial charge in [-0.3, -0.25) is 0 Å². The summed E-state index contributed by atoms with van der Waals surface area (Å²) in [7, 11) is 0. The first kappa shape index (κ1) is 33.1. The van der Waals surface area contributed by atoms with Gasteiger partial charge < -0.3 is 40.1 Å². The predicted octanol–water partition coefficient (Wildman–Crippen LogP) is 3.86. The van der Waals surface area contributed by atoms with Crippen molar-refractivity contribution in [1.82, 2.24) is 0 Å². The van der Waals surface area contributed by atoms with Crippen LogP contribution in [-0.4, -0.2) is 86.8 Å². The van der Waals surface area contributed by atoms with Gasteiger partial charge in [-0.1, -0.05) is 59.3 Å². The molecule has 0 bridgehead atoms. The van der Waals surface area contributed by atoms with Crippen LogP contribution in [0.2, 0.25) is 0 Å². The van der Waals surface area contributed by atoms with Crippen LogP contribution in [0.25, 0.3) is 0 Å². The summed E-state index contributed by atoms with van der Waals surface area (Å²) in [5.74, 6) is 0.348. The van der Waals surface area contributed by atoms with E-state index in [-0.39, 0.29) is 46.7 Å². The highest BCUT2D eigenvalue weighted by atomic mass is 16.7. The molecule has 0 aromatic heterocycles. The minimum atomic E-state index is -1.38. The minimum Gasteiger partial charge on any atom is -0.396 e. The lowest BCUT2D eigenvalue weighted by atomic mass is 9.35.